The average Bonchev–Trinajstić information content (AvgIpc) is 3.72. The molecule has 2 aliphatic rings. The molecule has 2 fully saturated rings. The molecule has 0 aliphatic carbocycles. The fourth-order valence-corrected chi connectivity index (χ4v) is 6.94. The maximum absolute atomic E-state index is 13.2. The number of halogens is 1. The van der Waals surface area contributed by atoms with Crippen LogP contribution in [0.4, 0.5) is 9.59 Å². The molecule has 2 aromatic heterocycles. The van der Waals surface area contributed by atoms with E-state index < -0.39 is 15.6 Å². The highest BCUT2D eigenvalue weighted by atomic mass is 35.5. The highest BCUT2D eigenvalue weighted by Gasteiger charge is 2.28. The van der Waals surface area contributed by atoms with E-state index in [1.807, 2.05) is 41.5 Å². The Kier molecular flexibility index (Phi) is 11.6. The molecule has 0 atom stereocenters. The molecular weight excluding hydrogens is 698 g/mol. The number of carbonyl (C=O) groups is 2. The summed E-state index contributed by atoms with van der Waals surface area (Å²) < 4.78 is 44.1. The predicted molar refractivity (Wildman–Crippen MR) is 193 cm³/mol. The highest BCUT2D eigenvalue weighted by Crippen LogP contribution is 2.33. The minimum Gasteiger partial charge on any atom is -0.444 e. The second-order valence-corrected chi connectivity index (χ2v) is 16.5. The van der Waals surface area contributed by atoms with Crippen LogP contribution in [-0.4, -0.2) is 113 Å². The van der Waals surface area contributed by atoms with Crippen LogP contribution in [0.15, 0.2) is 64.2 Å². The van der Waals surface area contributed by atoms with Gasteiger partial charge in [-0.2, -0.15) is 17.6 Å². The zero-order valence-corrected chi connectivity index (χ0v) is 31.5. The van der Waals surface area contributed by atoms with Crippen LogP contribution in [0, 0.1) is 0 Å². The fraction of sp³-hybridized carbons (Fsp3) is 0.486. The van der Waals surface area contributed by atoms with Crippen molar-refractivity contribution in [3.63, 3.8) is 0 Å². The number of piperazine rings is 2. The summed E-state index contributed by atoms with van der Waals surface area (Å²) in [4.78, 5) is 34.0. The van der Waals surface area contributed by atoms with E-state index in [0.29, 0.717) is 65.9 Å². The van der Waals surface area contributed by atoms with E-state index in [1.54, 1.807) is 46.3 Å². The molecule has 0 unspecified atom stereocenters. The van der Waals surface area contributed by atoms with Crippen molar-refractivity contribution in [3.05, 3.63) is 65.6 Å². The van der Waals surface area contributed by atoms with Crippen molar-refractivity contribution in [1.82, 2.24) is 34.2 Å². The quantitative estimate of drug-likeness (QED) is 0.277. The number of oxazole rings is 1. The Labute approximate surface area is 303 Å². The van der Waals surface area contributed by atoms with Crippen LogP contribution in [0.1, 0.15) is 47.3 Å². The van der Waals surface area contributed by atoms with Crippen LogP contribution >= 0.6 is 11.6 Å². The second-order valence-electron chi connectivity index (χ2n) is 14.3. The van der Waals surface area contributed by atoms with Crippen molar-refractivity contribution < 1.29 is 31.9 Å². The van der Waals surface area contributed by atoms with Crippen molar-refractivity contribution >= 4 is 44.7 Å². The van der Waals surface area contributed by atoms with E-state index in [0.717, 1.165) is 30.3 Å². The lowest BCUT2D eigenvalue weighted by molar-refractivity contribution is 0.0133. The zero-order chi connectivity index (χ0) is 37.0. The first-order valence-corrected chi connectivity index (χ1v) is 18.6. The molecule has 2 aliphatic heterocycles. The molecule has 51 heavy (non-hydrogen) atoms. The minimum absolute atomic E-state index is 0.122. The van der Waals surface area contributed by atoms with Gasteiger partial charge in [-0.25, -0.2) is 14.6 Å². The molecule has 6 rings (SSSR count). The smallest absolute Gasteiger partial charge is 0.410 e. The summed E-state index contributed by atoms with van der Waals surface area (Å²) in [5.74, 6) is 0.958. The van der Waals surface area contributed by atoms with E-state index in [2.05, 4.69) is 20.3 Å². The van der Waals surface area contributed by atoms with Gasteiger partial charge < -0.3 is 29.0 Å². The molecule has 276 valence electrons. The van der Waals surface area contributed by atoms with Gasteiger partial charge in [-0.05, 0) is 65.8 Å². The summed E-state index contributed by atoms with van der Waals surface area (Å²) in [6, 6.07) is 11.3. The van der Waals surface area contributed by atoms with E-state index in [9.17, 15) is 18.0 Å². The lowest BCUT2D eigenvalue weighted by atomic mass is 10.1. The third-order valence-electron chi connectivity index (χ3n) is 7.85. The Morgan fingerprint density at radius 1 is 0.863 bits per heavy atom. The number of ether oxygens (including phenoxy) is 2. The van der Waals surface area contributed by atoms with Crippen LogP contribution < -0.4 is 5.32 Å². The summed E-state index contributed by atoms with van der Waals surface area (Å²) in [6.45, 7) is 17.4. The third-order valence-corrected chi connectivity index (χ3v) is 9.68. The van der Waals surface area contributed by atoms with Crippen molar-refractivity contribution in [1.29, 1.82) is 0 Å². The van der Waals surface area contributed by atoms with E-state index in [-0.39, 0.29) is 22.7 Å². The Bertz CT molecular complexity index is 1920. The van der Waals surface area contributed by atoms with Crippen LogP contribution in [0.3, 0.4) is 0 Å². The standard InChI is InChI=1S/C26H28ClN5O5S.C9H18N2O2/c1-26(2,3)37-25(33)31-11-9-30(10-12-31)17-19-15-28-24(36-19)21-13-18(27)14-23-22(21)16-29-32(23)38(34,35)20-7-5-4-6-8-20;1-9(2,3)13-8(12)11-6-4-10-5-7-11/h4-8,13-16H,9-12,17H2,1-3H3;10H,4-7H2,1-3H3. The van der Waals surface area contributed by atoms with E-state index in [4.69, 9.17) is 25.5 Å². The van der Waals surface area contributed by atoms with Gasteiger partial charge in [-0.1, -0.05) is 29.8 Å². The maximum Gasteiger partial charge on any atom is 0.410 e. The number of amides is 2. The fourth-order valence-electron chi connectivity index (χ4n) is 5.45. The zero-order valence-electron chi connectivity index (χ0n) is 29.9. The van der Waals surface area contributed by atoms with Crippen LogP contribution in [-0.2, 0) is 26.0 Å². The number of nitrogens with one attached hydrogen (secondary N) is 1. The number of nitrogens with zero attached hydrogens (tertiary/aromatic N) is 6. The summed E-state index contributed by atoms with van der Waals surface area (Å²) in [7, 11) is -3.92. The Balaban J connectivity index is 0.000000328. The molecular formula is C35H46ClN7O7S. The van der Waals surface area contributed by atoms with Gasteiger partial charge in [-0.15, -0.1) is 0 Å². The topological polar surface area (TPSA) is 152 Å². The Hall–Kier alpha value is -4.18. The average molecular weight is 744 g/mol. The summed E-state index contributed by atoms with van der Waals surface area (Å²) in [5, 5.41) is 8.23. The molecule has 1 N–H and O–H groups in total. The SMILES string of the molecule is CC(C)(C)OC(=O)N1CCN(Cc2cnc(-c3cc(Cl)cc4c3cnn4S(=O)(=O)c3ccccc3)o2)CC1.CC(C)(C)OC(=O)N1CCNCC1. The first kappa shape index (κ1) is 38.1. The predicted octanol–water partition coefficient (Wildman–Crippen LogP) is 5.46. The Morgan fingerprint density at radius 3 is 2.04 bits per heavy atom. The van der Waals surface area contributed by atoms with Gasteiger partial charge in [0.15, 0.2) is 0 Å². The van der Waals surface area contributed by atoms with Crippen molar-refractivity contribution in [2.24, 2.45) is 0 Å². The summed E-state index contributed by atoms with van der Waals surface area (Å²) in [5.41, 5.74) is -0.0437. The van der Waals surface area contributed by atoms with Gasteiger partial charge in [-0.3, -0.25) is 4.90 Å². The molecule has 2 aromatic carbocycles. The number of hydrogen-bond donors (Lipinski definition) is 1. The van der Waals surface area contributed by atoms with Crippen LogP contribution in [0.25, 0.3) is 22.4 Å². The molecule has 0 radical (unpaired) electrons. The van der Waals surface area contributed by atoms with Crippen molar-refractivity contribution in [3.8, 4) is 11.5 Å². The van der Waals surface area contributed by atoms with Gasteiger partial charge in [0.1, 0.15) is 17.0 Å². The molecule has 4 aromatic rings. The highest BCUT2D eigenvalue weighted by molar-refractivity contribution is 7.90. The number of hydrogen-bond acceptors (Lipinski definition) is 11. The molecule has 16 heteroatoms. The first-order valence-electron chi connectivity index (χ1n) is 16.8. The summed E-state index contributed by atoms with van der Waals surface area (Å²) >= 11 is 6.38. The first-order chi connectivity index (χ1) is 24.0. The van der Waals surface area contributed by atoms with E-state index in [1.165, 1.54) is 18.3 Å². The number of benzene rings is 2. The summed E-state index contributed by atoms with van der Waals surface area (Å²) in [6.07, 6.45) is 2.61. The Morgan fingerprint density at radius 2 is 1.45 bits per heavy atom. The molecule has 0 saturated carbocycles. The van der Waals surface area contributed by atoms with Gasteiger partial charge in [0.05, 0.1) is 29.4 Å². The minimum atomic E-state index is -3.92. The largest absolute Gasteiger partial charge is 0.444 e. The van der Waals surface area contributed by atoms with Gasteiger partial charge in [0.2, 0.25) is 5.89 Å². The second kappa shape index (κ2) is 15.6. The normalized spacial score (nSPS) is 16.1. The van der Waals surface area contributed by atoms with Gasteiger partial charge in [0, 0.05) is 68.3 Å². The molecule has 2 saturated heterocycles. The molecule has 2 amide bonds. The molecule has 0 spiro atoms. The number of aromatic nitrogens is 3. The van der Waals surface area contributed by atoms with E-state index >= 15 is 0 Å². The van der Waals surface area contributed by atoms with Crippen molar-refractivity contribution in [2.75, 3.05) is 52.4 Å². The monoisotopic (exact) mass is 743 g/mol. The number of carbonyl (C=O) groups excluding carboxylic acids is 2. The lowest BCUT2D eigenvalue weighted by Gasteiger charge is -2.35. The van der Waals surface area contributed by atoms with Gasteiger partial charge >= 0.3 is 12.2 Å². The van der Waals surface area contributed by atoms with Crippen LogP contribution in [0.2, 0.25) is 5.02 Å². The van der Waals surface area contributed by atoms with Crippen molar-refractivity contribution in [2.45, 2.75) is 64.2 Å². The van der Waals surface area contributed by atoms with Gasteiger partial charge in [0.25, 0.3) is 10.0 Å². The molecule has 4 heterocycles. The maximum atomic E-state index is 13.2. The molecule has 14 nitrogen and oxygen atoms in total. The number of rotatable bonds is 5. The van der Waals surface area contributed by atoms with Crippen LogP contribution in [0.5, 0.6) is 0 Å². The number of fused-ring (bicyclic) bond motifs is 1. The lowest BCUT2D eigenvalue weighted by Crippen LogP contribution is -2.49. The molecule has 0 bridgehead atoms. The third kappa shape index (κ3) is 10.00.